The van der Waals surface area contributed by atoms with Gasteiger partial charge in [0.15, 0.2) is 0 Å². The predicted octanol–water partition coefficient (Wildman–Crippen LogP) is 2.91. The zero-order valence-corrected chi connectivity index (χ0v) is 10.8. The molecule has 0 heterocycles. The van der Waals surface area contributed by atoms with E-state index >= 15 is 0 Å². The Balaban J connectivity index is 2.52. The fourth-order valence-electron chi connectivity index (χ4n) is 1.40. The van der Waals surface area contributed by atoms with Crippen LogP contribution in [0.3, 0.4) is 0 Å². The van der Waals surface area contributed by atoms with Crippen LogP contribution >= 0.6 is 11.6 Å². The van der Waals surface area contributed by atoms with E-state index in [0.29, 0.717) is 29.1 Å². The average Bonchev–Trinajstić information content (AvgIpc) is 2.28. The number of nitrogens with one attached hydrogen (secondary N) is 1. The molecule has 0 bridgehead atoms. The largest absolute Gasteiger partial charge is 0.326 e. The van der Waals surface area contributed by atoms with Crippen LogP contribution in [0.15, 0.2) is 18.2 Å². The zero-order valence-electron chi connectivity index (χ0n) is 10.00. The Morgan fingerprint density at radius 3 is 2.67 bits per heavy atom. The Bertz CT molecular complexity index is 506. The van der Waals surface area contributed by atoms with Gasteiger partial charge in [0.1, 0.15) is 11.9 Å². The number of anilines is 1. The van der Waals surface area contributed by atoms with Crippen LogP contribution in [0.1, 0.15) is 31.7 Å². The van der Waals surface area contributed by atoms with Crippen LogP contribution in [-0.4, -0.2) is 11.7 Å². The molecule has 0 spiro atoms. The van der Waals surface area contributed by atoms with E-state index in [2.05, 4.69) is 5.32 Å². The van der Waals surface area contributed by atoms with Crippen LogP contribution in [0, 0.1) is 11.3 Å². The minimum atomic E-state index is -0.169. The first-order valence-electron chi connectivity index (χ1n) is 5.52. The Morgan fingerprint density at radius 1 is 1.39 bits per heavy atom. The van der Waals surface area contributed by atoms with Crippen molar-refractivity contribution in [3.8, 4) is 6.07 Å². The van der Waals surface area contributed by atoms with Gasteiger partial charge in [0.05, 0.1) is 10.6 Å². The molecule has 0 aromatic heterocycles. The SMILES string of the molecule is CC(=O)CCCC(=O)Nc1ccc(C#N)c(Cl)c1. The number of carbonyl (C=O) groups excluding carboxylic acids is 2. The van der Waals surface area contributed by atoms with Gasteiger partial charge in [-0.15, -0.1) is 0 Å². The van der Waals surface area contributed by atoms with Crippen molar-refractivity contribution >= 4 is 29.0 Å². The standard InChI is InChI=1S/C13H13ClN2O2/c1-9(17)3-2-4-13(18)16-11-6-5-10(8-15)12(14)7-11/h5-7H,2-4H2,1H3,(H,16,18). The average molecular weight is 265 g/mol. The summed E-state index contributed by atoms with van der Waals surface area (Å²) in [6.07, 6.45) is 1.23. The van der Waals surface area contributed by atoms with Crippen molar-refractivity contribution in [1.29, 1.82) is 5.26 Å². The van der Waals surface area contributed by atoms with Crippen LogP contribution in [0.5, 0.6) is 0 Å². The van der Waals surface area contributed by atoms with Crippen LogP contribution in [0.2, 0.25) is 5.02 Å². The predicted molar refractivity (Wildman–Crippen MR) is 69.3 cm³/mol. The molecule has 0 aliphatic rings. The van der Waals surface area contributed by atoms with Gasteiger partial charge in [0, 0.05) is 18.5 Å². The summed E-state index contributed by atoms with van der Waals surface area (Å²) in [5.74, 6) is -0.0961. The highest BCUT2D eigenvalue weighted by atomic mass is 35.5. The summed E-state index contributed by atoms with van der Waals surface area (Å²) in [7, 11) is 0. The highest BCUT2D eigenvalue weighted by molar-refractivity contribution is 6.32. The van der Waals surface area contributed by atoms with Gasteiger partial charge in [-0.1, -0.05) is 11.6 Å². The molecule has 0 aliphatic carbocycles. The van der Waals surface area contributed by atoms with Gasteiger partial charge >= 0.3 is 0 Å². The van der Waals surface area contributed by atoms with E-state index in [1.54, 1.807) is 12.1 Å². The Labute approximate surface area is 111 Å². The lowest BCUT2D eigenvalue weighted by molar-refractivity contribution is -0.117. The zero-order chi connectivity index (χ0) is 13.5. The van der Waals surface area contributed by atoms with E-state index in [-0.39, 0.29) is 18.1 Å². The van der Waals surface area contributed by atoms with Crippen molar-refractivity contribution in [1.82, 2.24) is 0 Å². The summed E-state index contributed by atoms with van der Waals surface area (Å²) in [4.78, 5) is 22.2. The van der Waals surface area contributed by atoms with Crippen molar-refractivity contribution in [2.45, 2.75) is 26.2 Å². The van der Waals surface area contributed by atoms with Crippen LogP contribution in [-0.2, 0) is 9.59 Å². The molecule has 0 atom stereocenters. The summed E-state index contributed by atoms with van der Waals surface area (Å²) < 4.78 is 0. The third-order valence-electron chi connectivity index (χ3n) is 2.31. The third-order valence-corrected chi connectivity index (χ3v) is 2.62. The number of carbonyl (C=O) groups is 2. The van der Waals surface area contributed by atoms with E-state index in [1.807, 2.05) is 6.07 Å². The Hall–Kier alpha value is -1.86. The van der Waals surface area contributed by atoms with Crippen molar-refractivity contribution in [2.24, 2.45) is 0 Å². The second-order valence-electron chi connectivity index (χ2n) is 3.91. The summed E-state index contributed by atoms with van der Waals surface area (Å²) in [5, 5.41) is 11.7. The van der Waals surface area contributed by atoms with E-state index < -0.39 is 0 Å². The molecular weight excluding hydrogens is 252 g/mol. The number of rotatable bonds is 5. The van der Waals surface area contributed by atoms with Crippen LogP contribution < -0.4 is 5.32 Å². The van der Waals surface area contributed by atoms with E-state index in [4.69, 9.17) is 16.9 Å². The lowest BCUT2D eigenvalue weighted by Gasteiger charge is -2.05. The lowest BCUT2D eigenvalue weighted by atomic mass is 10.2. The molecule has 0 unspecified atom stereocenters. The normalized spacial score (nSPS) is 9.61. The molecule has 1 aromatic carbocycles. The molecule has 0 radical (unpaired) electrons. The molecule has 5 heteroatoms. The number of halogens is 1. The van der Waals surface area contributed by atoms with Crippen LogP contribution in [0.4, 0.5) is 5.69 Å². The first-order valence-corrected chi connectivity index (χ1v) is 5.89. The van der Waals surface area contributed by atoms with Gasteiger partial charge in [-0.25, -0.2) is 0 Å². The van der Waals surface area contributed by atoms with Crippen molar-refractivity contribution in [3.05, 3.63) is 28.8 Å². The topological polar surface area (TPSA) is 70.0 Å². The Morgan fingerprint density at radius 2 is 2.11 bits per heavy atom. The fraction of sp³-hybridized carbons (Fsp3) is 0.308. The smallest absolute Gasteiger partial charge is 0.224 e. The number of nitriles is 1. The Kier molecular flexibility index (Phi) is 5.34. The maximum atomic E-state index is 11.5. The number of amides is 1. The number of Topliss-reactive ketones (excluding diaryl/α,β-unsaturated/α-hetero) is 1. The molecule has 1 N–H and O–H groups in total. The monoisotopic (exact) mass is 264 g/mol. The summed E-state index contributed by atoms with van der Waals surface area (Å²) in [6, 6.07) is 6.64. The second-order valence-corrected chi connectivity index (χ2v) is 4.32. The van der Waals surface area contributed by atoms with E-state index in [9.17, 15) is 9.59 Å². The summed E-state index contributed by atoms with van der Waals surface area (Å²) >= 11 is 5.84. The maximum absolute atomic E-state index is 11.5. The number of benzene rings is 1. The molecule has 0 aliphatic heterocycles. The van der Waals surface area contributed by atoms with E-state index in [1.165, 1.54) is 13.0 Å². The maximum Gasteiger partial charge on any atom is 0.224 e. The van der Waals surface area contributed by atoms with Crippen LogP contribution in [0.25, 0.3) is 0 Å². The van der Waals surface area contributed by atoms with Gasteiger partial charge in [0.2, 0.25) is 5.91 Å². The van der Waals surface area contributed by atoms with Gasteiger partial charge in [-0.05, 0) is 31.5 Å². The molecule has 1 aromatic rings. The third kappa shape index (κ3) is 4.56. The van der Waals surface area contributed by atoms with Gasteiger partial charge in [0.25, 0.3) is 0 Å². The van der Waals surface area contributed by atoms with Gasteiger partial charge in [-0.3, -0.25) is 4.79 Å². The highest BCUT2D eigenvalue weighted by Gasteiger charge is 2.05. The first-order chi connectivity index (χ1) is 8.52. The quantitative estimate of drug-likeness (QED) is 0.889. The number of hydrogen-bond acceptors (Lipinski definition) is 3. The molecule has 0 saturated carbocycles. The number of hydrogen-bond donors (Lipinski definition) is 1. The molecule has 0 saturated heterocycles. The van der Waals surface area contributed by atoms with Gasteiger partial charge < -0.3 is 10.1 Å². The molecule has 4 nitrogen and oxygen atoms in total. The second kappa shape index (κ2) is 6.77. The molecule has 0 fully saturated rings. The lowest BCUT2D eigenvalue weighted by Crippen LogP contribution is -2.11. The molecule has 1 amide bonds. The van der Waals surface area contributed by atoms with E-state index in [0.717, 1.165) is 0 Å². The molecular formula is C13H13ClN2O2. The summed E-state index contributed by atoms with van der Waals surface area (Å²) in [6.45, 7) is 1.50. The van der Waals surface area contributed by atoms with Crippen molar-refractivity contribution < 1.29 is 9.59 Å². The first kappa shape index (κ1) is 14.2. The number of ketones is 1. The molecule has 1 rings (SSSR count). The van der Waals surface area contributed by atoms with Crippen molar-refractivity contribution in [3.63, 3.8) is 0 Å². The van der Waals surface area contributed by atoms with Gasteiger partial charge in [-0.2, -0.15) is 5.26 Å². The van der Waals surface area contributed by atoms with Crippen molar-refractivity contribution in [2.75, 3.05) is 5.32 Å². The summed E-state index contributed by atoms with van der Waals surface area (Å²) in [5.41, 5.74) is 0.915. The molecule has 94 valence electrons. The minimum Gasteiger partial charge on any atom is -0.326 e. The fourth-order valence-corrected chi connectivity index (χ4v) is 1.63. The number of nitrogens with zero attached hydrogens (tertiary/aromatic N) is 1. The molecule has 18 heavy (non-hydrogen) atoms. The minimum absolute atomic E-state index is 0.0733. The highest BCUT2D eigenvalue weighted by Crippen LogP contribution is 2.20.